The van der Waals surface area contributed by atoms with Crippen LogP contribution in [-0.4, -0.2) is 0 Å². The molecule has 0 nitrogen and oxygen atoms in total. The van der Waals surface area contributed by atoms with Gasteiger partial charge in [-0.1, -0.05) is 15.9 Å². The van der Waals surface area contributed by atoms with Gasteiger partial charge in [-0.25, -0.2) is 13.2 Å². The summed E-state index contributed by atoms with van der Waals surface area (Å²) < 4.78 is 72.9. The topological polar surface area (TPSA) is 0 Å². The van der Waals surface area contributed by atoms with E-state index in [1.54, 1.807) is 0 Å². The van der Waals surface area contributed by atoms with Crippen molar-refractivity contribution in [2.75, 3.05) is 0 Å². The summed E-state index contributed by atoms with van der Waals surface area (Å²) in [4.78, 5) is 0. The van der Waals surface area contributed by atoms with Crippen LogP contribution in [0.5, 0.6) is 0 Å². The lowest BCUT2D eigenvalue weighted by atomic mass is 10.1. The van der Waals surface area contributed by atoms with E-state index in [1.807, 2.05) is 0 Å². The molecular formula is C8H3BrF6. The number of benzene rings is 1. The van der Waals surface area contributed by atoms with Crippen molar-refractivity contribution in [1.29, 1.82) is 0 Å². The molecule has 15 heavy (non-hydrogen) atoms. The minimum absolute atomic E-state index is 0.0479. The molecule has 0 spiro atoms. The third-order valence-corrected chi connectivity index (χ3v) is 2.28. The van der Waals surface area contributed by atoms with Crippen LogP contribution in [0.1, 0.15) is 17.6 Å². The fourth-order valence-corrected chi connectivity index (χ4v) is 1.57. The highest BCUT2D eigenvalue weighted by molar-refractivity contribution is 9.10. The van der Waals surface area contributed by atoms with Crippen molar-refractivity contribution < 1.29 is 26.3 Å². The summed E-state index contributed by atoms with van der Waals surface area (Å²) in [5, 5.41) is 0. The first-order chi connectivity index (χ1) is 6.73. The molecule has 0 atom stereocenters. The molecule has 1 aromatic rings. The number of halogens is 7. The Morgan fingerprint density at radius 3 is 2.00 bits per heavy atom. The lowest BCUT2D eigenvalue weighted by molar-refractivity contribution is -0.137. The van der Waals surface area contributed by atoms with Crippen LogP contribution >= 0.6 is 15.9 Å². The summed E-state index contributed by atoms with van der Waals surface area (Å²) in [6.45, 7) is 0. The molecule has 0 radical (unpaired) electrons. The molecule has 0 heterocycles. The zero-order valence-electron chi connectivity index (χ0n) is 6.88. The quantitative estimate of drug-likeness (QED) is 0.667. The normalized spacial score (nSPS) is 12.3. The molecule has 1 rings (SSSR count). The lowest BCUT2D eigenvalue weighted by Crippen LogP contribution is -2.07. The minimum Gasteiger partial charge on any atom is -0.206 e. The van der Waals surface area contributed by atoms with Crippen molar-refractivity contribution in [3.8, 4) is 0 Å². The molecule has 0 saturated carbocycles. The number of hydrogen-bond donors (Lipinski definition) is 0. The fourth-order valence-electron chi connectivity index (χ4n) is 0.956. The van der Waals surface area contributed by atoms with Gasteiger partial charge in [-0.3, -0.25) is 0 Å². The van der Waals surface area contributed by atoms with Crippen LogP contribution in [0.25, 0.3) is 0 Å². The summed E-state index contributed by atoms with van der Waals surface area (Å²) in [6.07, 6.45) is -7.93. The average molecular weight is 293 g/mol. The van der Waals surface area contributed by atoms with Crippen LogP contribution in [0.15, 0.2) is 16.6 Å². The smallest absolute Gasteiger partial charge is 0.206 e. The van der Waals surface area contributed by atoms with Gasteiger partial charge in [0.15, 0.2) is 0 Å². The van der Waals surface area contributed by atoms with Crippen LogP contribution in [0, 0.1) is 5.82 Å². The highest BCUT2D eigenvalue weighted by Crippen LogP contribution is 2.36. The first kappa shape index (κ1) is 12.4. The standard InChI is InChI=1S/C8H3BrF6/c9-4-1-3(8(13,14)15)2-5(10)6(4)7(11)12/h1-2,7H. The van der Waals surface area contributed by atoms with Crippen LogP contribution < -0.4 is 0 Å². The summed E-state index contributed by atoms with van der Waals surface area (Å²) >= 11 is 2.47. The maximum absolute atomic E-state index is 12.9. The van der Waals surface area contributed by atoms with Crippen LogP contribution in [0.3, 0.4) is 0 Å². The molecule has 0 amide bonds. The molecule has 1 aromatic carbocycles. The second-order valence-corrected chi connectivity index (χ2v) is 3.51. The Balaban J connectivity index is 3.32. The molecule has 0 aliphatic heterocycles. The van der Waals surface area contributed by atoms with Gasteiger partial charge in [0, 0.05) is 4.47 Å². The van der Waals surface area contributed by atoms with Gasteiger partial charge in [-0.05, 0) is 12.1 Å². The summed E-state index contributed by atoms with van der Waals surface area (Å²) in [5.41, 5.74) is -2.38. The first-order valence-corrected chi connectivity index (χ1v) is 4.37. The molecule has 0 unspecified atom stereocenters. The molecule has 0 bridgehead atoms. The summed E-state index contributed by atoms with van der Waals surface area (Å²) in [5.74, 6) is -1.58. The van der Waals surface area contributed by atoms with Crippen molar-refractivity contribution in [3.63, 3.8) is 0 Å². The van der Waals surface area contributed by atoms with Gasteiger partial charge in [0.2, 0.25) is 0 Å². The molecule has 0 fully saturated rings. The SMILES string of the molecule is Fc1cc(C(F)(F)F)cc(Br)c1C(F)F. The predicted octanol–water partition coefficient (Wildman–Crippen LogP) is 4.54. The van der Waals surface area contributed by atoms with E-state index in [-0.39, 0.29) is 6.07 Å². The zero-order valence-corrected chi connectivity index (χ0v) is 8.46. The number of alkyl halides is 5. The Kier molecular flexibility index (Phi) is 3.32. The Bertz CT molecular complexity index is 347. The van der Waals surface area contributed by atoms with E-state index in [4.69, 9.17) is 0 Å². The number of rotatable bonds is 1. The highest BCUT2D eigenvalue weighted by atomic mass is 79.9. The van der Waals surface area contributed by atoms with Gasteiger partial charge in [0.1, 0.15) is 5.82 Å². The molecule has 0 saturated heterocycles. The Labute approximate surface area is 89.0 Å². The van der Waals surface area contributed by atoms with Gasteiger partial charge in [0.05, 0.1) is 11.1 Å². The van der Waals surface area contributed by atoms with Gasteiger partial charge in [-0.2, -0.15) is 13.2 Å². The Morgan fingerprint density at radius 1 is 1.13 bits per heavy atom. The number of hydrogen-bond acceptors (Lipinski definition) is 0. The van der Waals surface area contributed by atoms with Crippen LogP contribution in [0.2, 0.25) is 0 Å². The molecule has 0 N–H and O–H groups in total. The van der Waals surface area contributed by atoms with Crippen molar-refractivity contribution in [2.45, 2.75) is 12.6 Å². The van der Waals surface area contributed by atoms with E-state index in [0.29, 0.717) is 6.07 Å². The maximum Gasteiger partial charge on any atom is 0.416 e. The van der Waals surface area contributed by atoms with E-state index >= 15 is 0 Å². The zero-order chi connectivity index (χ0) is 11.8. The third-order valence-electron chi connectivity index (χ3n) is 1.62. The van der Waals surface area contributed by atoms with E-state index in [9.17, 15) is 26.3 Å². The second-order valence-electron chi connectivity index (χ2n) is 2.65. The van der Waals surface area contributed by atoms with Gasteiger partial charge >= 0.3 is 6.18 Å². The van der Waals surface area contributed by atoms with Crippen LogP contribution in [0.4, 0.5) is 26.3 Å². The maximum atomic E-state index is 12.9. The first-order valence-electron chi connectivity index (χ1n) is 3.57. The van der Waals surface area contributed by atoms with E-state index in [2.05, 4.69) is 15.9 Å². The van der Waals surface area contributed by atoms with Gasteiger partial charge in [0.25, 0.3) is 6.43 Å². The van der Waals surface area contributed by atoms with E-state index in [0.717, 1.165) is 0 Å². The molecule has 0 aromatic heterocycles. The molecule has 84 valence electrons. The molecule has 0 aliphatic rings. The van der Waals surface area contributed by atoms with Crippen molar-refractivity contribution in [1.82, 2.24) is 0 Å². The van der Waals surface area contributed by atoms with Crippen molar-refractivity contribution >= 4 is 15.9 Å². The Morgan fingerprint density at radius 2 is 1.67 bits per heavy atom. The highest BCUT2D eigenvalue weighted by Gasteiger charge is 2.33. The van der Waals surface area contributed by atoms with Gasteiger partial charge < -0.3 is 0 Å². The average Bonchev–Trinajstić information content (AvgIpc) is 1.99. The lowest BCUT2D eigenvalue weighted by Gasteiger charge is -2.10. The second kappa shape index (κ2) is 4.03. The monoisotopic (exact) mass is 292 g/mol. The van der Waals surface area contributed by atoms with Crippen molar-refractivity contribution in [3.05, 3.63) is 33.5 Å². The van der Waals surface area contributed by atoms with E-state index < -0.39 is 34.0 Å². The minimum atomic E-state index is -4.76. The molecule has 7 heteroatoms. The predicted molar refractivity (Wildman–Crippen MR) is 44.1 cm³/mol. The van der Waals surface area contributed by atoms with Gasteiger partial charge in [-0.15, -0.1) is 0 Å². The third kappa shape index (κ3) is 2.64. The summed E-state index contributed by atoms with van der Waals surface area (Å²) in [7, 11) is 0. The van der Waals surface area contributed by atoms with E-state index in [1.165, 1.54) is 0 Å². The molecule has 0 aliphatic carbocycles. The van der Waals surface area contributed by atoms with Crippen molar-refractivity contribution in [2.24, 2.45) is 0 Å². The molecular weight excluding hydrogens is 290 g/mol. The fraction of sp³-hybridized carbons (Fsp3) is 0.250. The Hall–Kier alpha value is -0.720. The summed E-state index contributed by atoms with van der Waals surface area (Å²) in [6, 6.07) is 0.469. The largest absolute Gasteiger partial charge is 0.416 e. The van der Waals surface area contributed by atoms with Crippen LogP contribution in [-0.2, 0) is 6.18 Å².